The smallest absolute Gasteiger partial charge is 0.303 e. The minimum Gasteiger partial charge on any atom is -0.481 e. The van der Waals surface area contributed by atoms with Crippen LogP contribution in [0.1, 0.15) is 58.3 Å². The third kappa shape index (κ3) is 4.94. The van der Waals surface area contributed by atoms with Gasteiger partial charge in [0.1, 0.15) is 0 Å². The second-order valence-electron chi connectivity index (χ2n) is 5.54. The number of carboxylic acid groups (broad SMARTS) is 1. The molecule has 0 heterocycles. The summed E-state index contributed by atoms with van der Waals surface area (Å²) < 4.78 is 0. The molecule has 1 atom stereocenters. The van der Waals surface area contributed by atoms with Gasteiger partial charge in [-0.1, -0.05) is 19.8 Å². The van der Waals surface area contributed by atoms with Crippen molar-refractivity contribution in [3.8, 4) is 12.3 Å². The lowest BCUT2D eigenvalue weighted by Gasteiger charge is -2.27. The topological polar surface area (TPSA) is 66.4 Å². The van der Waals surface area contributed by atoms with Crippen molar-refractivity contribution in [3.63, 3.8) is 0 Å². The first-order valence-corrected chi connectivity index (χ1v) is 6.96. The van der Waals surface area contributed by atoms with Crippen molar-refractivity contribution >= 4 is 11.9 Å². The average Bonchev–Trinajstić information content (AvgIpc) is 2.75. The first-order valence-electron chi connectivity index (χ1n) is 6.96. The molecule has 4 heteroatoms. The maximum Gasteiger partial charge on any atom is 0.303 e. The van der Waals surface area contributed by atoms with Gasteiger partial charge in [-0.2, -0.15) is 0 Å². The van der Waals surface area contributed by atoms with Crippen LogP contribution >= 0.6 is 0 Å². The predicted molar refractivity (Wildman–Crippen MR) is 73.4 cm³/mol. The first kappa shape index (κ1) is 15.6. The van der Waals surface area contributed by atoms with Gasteiger partial charge in [0, 0.05) is 18.9 Å². The summed E-state index contributed by atoms with van der Waals surface area (Å²) in [5.41, 5.74) is -0.343. The quantitative estimate of drug-likeness (QED) is 0.694. The highest BCUT2D eigenvalue weighted by atomic mass is 16.4. The van der Waals surface area contributed by atoms with Gasteiger partial charge in [0.05, 0.1) is 6.42 Å². The normalized spacial score (nSPS) is 18.5. The van der Waals surface area contributed by atoms with Gasteiger partial charge in [-0.05, 0) is 24.7 Å². The van der Waals surface area contributed by atoms with Gasteiger partial charge in [0.25, 0.3) is 0 Å². The molecule has 1 unspecified atom stereocenters. The largest absolute Gasteiger partial charge is 0.481 e. The van der Waals surface area contributed by atoms with E-state index in [-0.39, 0.29) is 23.8 Å². The van der Waals surface area contributed by atoms with Gasteiger partial charge >= 0.3 is 5.97 Å². The van der Waals surface area contributed by atoms with Crippen LogP contribution in [0.15, 0.2) is 0 Å². The Kier molecular flexibility index (Phi) is 5.88. The van der Waals surface area contributed by atoms with Gasteiger partial charge in [0.15, 0.2) is 0 Å². The summed E-state index contributed by atoms with van der Waals surface area (Å²) in [7, 11) is 0. The SMILES string of the molecule is C#CCC(CC)NC(=O)CC1(CC(=O)O)CCCC1. The predicted octanol–water partition coefficient (Wildman–Crippen LogP) is 2.33. The Morgan fingerprint density at radius 2 is 2.00 bits per heavy atom. The molecule has 1 fully saturated rings. The number of aliphatic carboxylic acids is 1. The molecule has 1 aliphatic carbocycles. The van der Waals surface area contributed by atoms with Crippen molar-refractivity contribution in [2.24, 2.45) is 5.41 Å². The number of carbonyl (C=O) groups is 2. The Bertz CT molecular complexity index is 364. The van der Waals surface area contributed by atoms with Crippen LogP contribution in [0.5, 0.6) is 0 Å². The Labute approximate surface area is 115 Å². The molecule has 1 rings (SSSR count). The molecule has 0 aliphatic heterocycles. The van der Waals surface area contributed by atoms with E-state index in [1.54, 1.807) is 0 Å². The lowest BCUT2D eigenvalue weighted by atomic mass is 9.79. The van der Waals surface area contributed by atoms with Crippen LogP contribution in [-0.2, 0) is 9.59 Å². The third-order valence-electron chi connectivity index (χ3n) is 3.95. The van der Waals surface area contributed by atoms with Crippen molar-refractivity contribution < 1.29 is 14.7 Å². The monoisotopic (exact) mass is 265 g/mol. The Morgan fingerprint density at radius 3 is 2.47 bits per heavy atom. The number of carboxylic acids is 1. The Morgan fingerprint density at radius 1 is 1.37 bits per heavy atom. The van der Waals surface area contributed by atoms with Crippen LogP contribution in [0, 0.1) is 17.8 Å². The van der Waals surface area contributed by atoms with Gasteiger partial charge in [-0.15, -0.1) is 12.3 Å². The standard InChI is InChI=1S/C15H23NO3/c1-3-7-12(4-2)16-13(17)10-15(11-14(18)19)8-5-6-9-15/h1,12H,4-11H2,2H3,(H,16,17)(H,18,19). The summed E-state index contributed by atoms with van der Waals surface area (Å²) in [4.78, 5) is 23.0. The van der Waals surface area contributed by atoms with Gasteiger partial charge in [-0.25, -0.2) is 0 Å². The molecular weight excluding hydrogens is 242 g/mol. The van der Waals surface area contributed by atoms with Crippen molar-refractivity contribution in [1.29, 1.82) is 0 Å². The van der Waals surface area contributed by atoms with E-state index < -0.39 is 5.97 Å². The molecule has 0 aromatic carbocycles. The number of amides is 1. The van der Waals surface area contributed by atoms with Gasteiger partial charge in [-0.3, -0.25) is 9.59 Å². The highest BCUT2D eigenvalue weighted by Crippen LogP contribution is 2.44. The molecule has 0 saturated heterocycles. The van der Waals surface area contributed by atoms with Crippen LogP contribution < -0.4 is 5.32 Å². The Balaban J connectivity index is 2.57. The van der Waals surface area contributed by atoms with E-state index in [9.17, 15) is 9.59 Å². The van der Waals surface area contributed by atoms with Gasteiger partial charge in [0.2, 0.25) is 5.91 Å². The highest BCUT2D eigenvalue weighted by Gasteiger charge is 2.38. The number of hydrogen-bond donors (Lipinski definition) is 2. The Hall–Kier alpha value is -1.50. The zero-order valence-electron chi connectivity index (χ0n) is 11.6. The number of rotatable bonds is 7. The van der Waals surface area contributed by atoms with Crippen molar-refractivity contribution in [2.75, 3.05) is 0 Å². The third-order valence-corrected chi connectivity index (χ3v) is 3.95. The number of hydrogen-bond acceptors (Lipinski definition) is 2. The molecule has 106 valence electrons. The van der Waals surface area contributed by atoms with Crippen LogP contribution in [-0.4, -0.2) is 23.0 Å². The number of terminal acetylenes is 1. The molecule has 0 spiro atoms. The van der Waals surface area contributed by atoms with E-state index >= 15 is 0 Å². The number of nitrogens with one attached hydrogen (secondary N) is 1. The summed E-state index contributed by atoms with van der Waals surface area (Å²) in [6.45, 7) is 1.98. The zero-order chi connectivity index (χ0) is 14.3. The van der Waals surface area contributed by atoms with Crippen LogP contribution in [0.25, 0.3) is 0 Å². The molecule has 0 aromatic rings. The van der Waals surface area contributed by atoms with Crippen molar-refractivity contribution in [2.45, 2.75) is 64.3 Å². The van der Waals surface area contributed by atoms with Gasteiger partial charge < -0.3 is 10.4 Å². The van der Waals surface area contributed by atoms with Crippen LogP contribution in [0.2, 0.25) is 0 Å². The van der Waals surface area contributed by atoms with E-state index in [0.717, 1.165) is 32.1 Å². The zero-order valence-corrected chi connectivity index (χ0v) is 11.6. The molecular formula is C15H23NO3. The molecule has 1 amide bonds. The van der Waals surface area contributed by atoms with E-state index in [1.165, 1.54) is 0 Å². The van der Waals surface area contributed by atoms with Crippen LogP contribution in [0.3, 0.4) is 0 Å². The van der Waals surface area contributed by atoms with E-state index in [0.29, 0.717) is 12.8 Å². The lowest BCUT2D eigenvalue weighted by molar-refractivity contribution is -0.140. The summed E-state index contributed by atoms with van der Waals surface area (Å²) in [5.74, 6) is 1.67. The molecule has 4 nitrogen and oxygen atoms in total. The molecule has 0 aromatic heterocycles. The fourth-order valence-corrected chi connectivity index (χ4v) is 2.92. The second-order valence-corrected chi connectivity index (χ2v) is 5.54. The van der Waals surface area contributed by atoms with E-state index in [1.807, 2.05) is 6.92 Å². The minimum atomic E-state index is -0.814. The molecule has 0 bridgehead atoms. The first-order chi connectivity index (χ1) is 9.01. The van der Waals surface area contributed by atoms with E-state index in [4.69, 9.17) is 11.5 Å². The molecule has 0 radical (unpaired) electrons. The maximum atomic E-state index is 12.1. The number of carbonyl (C=O) groups excluding carboxylic acids is 1. The average molecular weight is 265 g/mol. The van der Waals surface area contributed by atoms with Crippen molar-refractivity contribution in [1.82, 2.24) is 5.32 Å². The fourth-order valence-electron chi connectivity index (χ4n) is 2.92. The molecule has 19 heavy (non-hydrogen) atoms. The van der Waals surface area contributed by atoms with Crippen LogP contribution in [0.4, 0.5) is 0 Å². The summed E-state index contributed by atoms with van der Waals surface area (Å²) in [5, 5.41) is 11.9. The summed E-state index contributed by atoms with van der Waals surface area (Å²) >= 11 is 0. The summed E-state index contributed by atoms with van der Waals surface area (Å²) in [6, 6.07) is 0.000723. The van der Waals surface area contributed by atoms with E-state index in [2.05, 4.69) is 11.2 Å². The van der Waals surface area contributed by atoms with Crippen molar-refractivity contribution in [3.05, 3.63) is 0 Å². The lowest BCUT2D eigenvalue weighted by Crippen LogP contribution is -2.38. The minimum absolute atomic E-state index is 0.000723. The molecule has 2 N–H and O–H groups in total. The summed E-state index contributed by atoms with van der Waals surface area (Å²) in [6.07, 6.45) is 10.7. The second kappa shape index (κ2) is 7.18. The molecule has 1 saturated carbocycles. The highest BCUT2D eigenvalue weighted by molar-refractivity contribution is 5.78. The maximum absolute atomic E-state index is 12.1. The fraction of sp³-hybridized carbons (Fsp3) is 0.733. The molecule has 1 aliphatic rings.